The maximum Gasteiger partial charge on any atom is 0.264 e. The molecule has 7 aromatic heterocycles. The second-order valence-corrected chi connectivity index (χ2v) is 37.5. The molecule has 8 aromatic rings. The normalized spacial score (nSPS) is 25.6. The summed E-state index contributed by atoms with van der Waals surface area (Å²) in [7, 11) is 7.13. The largest absolute Gasteiger partial charge is 0.391 e. The molecule has 13 aliphatic rings. The summed E-state index contributed by atoms with van der Waals surface area (Å²) in [6.07, 6.45) is 13.0. The van der Waals surface area contributed by atoms with Gasteiger partial charge in [-0.1, -0.05) is 53.0 Å². The average molecular weight is 1760 g/mol. The zero-order valence-electron chi connectivity index (χ0n) is 73.0. The molecular formula is C90H113Cl2N25O9. The number of aliphatic imine (C=N–C) groups is 4. The van der Waals surface area contributed by atoms with Crippen LogP contribution in [0.2, 0.25) is 10.2 Å². The zero-order chi connectivity index (χ0) is 88.3. The summed E-state index contributed by atoms with van der Waals surface area (Å²) in [6.45, 7) is 22.3. The number of anilines is 6. The number of nitrogen functional groups attached to an aromatic ring is 1. The molecule has 36 heteroatoms. The van der Waals surface area contributed by atoms with E-state index in [4.69, 9.17) is 95.7 Å². The summed E-state index contributed by atoms with van der Waals surface area (Å²) < 4.78 is 29.9. The minimum atomic E-state index is -0.393. The number of nitrogens with two attached hydrogens (primary N) is 5. The number of aliphatic hydroxyl groups excluding tert-OH is 1. The third-order valence-electron chi connectivity index (χ3n) is 29.4. The number of halogens is 2. The molecule has 34 nitrogen and oxygen atoms in total. The lowest BCUT2D eigenvalue weighted by atomic mass is 9.73. The van der Waals surface area contributed by atoms with E-state index in [2.05, 4.69) is 63.4 Å². The van der Waals surface area contributed by atoms with Crippen LogP contribution >= 0.6 is 23.2 Å². The van der Waals surface area contributed by atoms with E-state index in [-0.39, 0.29) is 92.5 Å². The van der Waals surface area contributed by atoms with Crippen molar-refractivity contribution < 1.29 is 24.1 Å². The number of ether oxygens (including phenoxy) is 4. The van der Waals surface area contributed by atoms with Crippen LogP contribution in [0.1, 0.15) is 158 Å². The Bertz CT molecular complexity index is 5790. The van der Waals surface area contributed by atoms with Crippen LogP contribution in [-0.4, -0.2) is 228 Å². The molecule has 0 unspecified atom stereocenters. The topological polar surface area (TPSA) is 431 Å². The highest BCUT2D eigenvalue weighted by Gasteiger charge is 2.53. The summed E-state index contributed by atoms with van der Waals surface area (Å²) >= 11 is 12.8. The first-order chi connectivity index (χ1) is 60.5. The van der Waals surface area contributed by atoms with Gasteiger partial charge in [-0.2, -0.15) is 0 Å². The maximum absolute atomic E-state index is 13.6. The number of aromatic nitrogens is 11. The number of rotatable bonds is 9. The van der Waals surface area contributed by atoms with Gasteiger partial charge in [-0.3, -0.25) is 57.4 Å². The molecular weight excluding hydrogens is 1650 g/mol. The molecule has 0 saturated carbocycles. The summed E-state index contributed by atoms with van der Waals surface area (Å²) in [4.78, 5) is 115. The molecule has 0 radical (unpaired) electrons. The standard InChI is InChI=1S/C25H32ClN7O3.C23H29N5O2.C21H25ClN6O2.C21H27N7O2/c1-14-21(27)25(13-36-14)5-9-32(10-6-25)24-30-17-11-29-20(18(17)23(35)31(24)2)16-3-7-28-22(19(16)26)33-8-4-15(34)12-33;1-14-4-6-16(7-5-14)19-18-17(12-25-19)26-22(27(3)21(18)29)28-10-8-23(9-11-28)13-30-15(2)20(23)24;2*1-12-18(23)21(11-30-12)4-7-28(8-5-21)20-26-14-10-25-17(16(14)19(29)27(20)2)13-3-6-24-15(22)9-13/h3,7,14-15,21,34H,4-6,8-13,27H2,1-2H3;4-7,15,20H,8-13,24H2,1-3H3;3,6,9,12,18H,4-5,7-8,10-11,23H2,1-2H3;3,6,9,12,18H,4-5,7-8,10-11,23H2,1-2H3,(H2,22,24)/t14-,15+,21+;15-,20+;2*12-,18+/m0000/s1. The Labute approximate surface area is 740 Å². The smallest absolute Gasteiger partial charge is 0.264 e. The maximum atomic E-state index is 13.6. The summed E-state index contributed by atoms with van der Waals surface area (Å²) in [5.74, 6) is 3.79. The van der Waals surface area contributed by atoms with E-state index in [9.17, 15) is 24.3 Å². The van der Waals surface area contributed by atoms with E-state index in [1.807, 2.05) is 69.1 Å². The molecule has 0 amide bonds. The second-order valence-electron chi connectivity index (χ2n) is 36.7. The molecule has 13 aliphatic heterocycles. The molecule has 11 N–H and O–H groups in total. The third kappa shape index (κ3) is 15.4. The molecule has 666 valence electrons. The van der Waals surface area contributed by atoms with Crippen LogP contribution in [0.25, 0.3) is 0 Å². The number of benzene rings is 1. The quantitative estimate of drug-likeness (QED) is 0.106. The fraction of sp³-hybridized carbons (Fsp3) is 0.544. The van der Waals surface area contributed by atoms with E-state index in [1.54, 1.807) is 76.2 Å². The fourth-order valence-electron chi connectivity index (χ4n) is 21.1. The Morgan fingerprint density at radius 1 is 0.413 bits per heavy atom. The van der Waals surface area contributed by atoms with E-state index >= 15 is 0 Å². The molecule has 0 aliphatic carbocycles. The molecule has 1 aromatic carbocycles. The number of hydrogen-bond acceptors (Lipinski definition) is 30. The molecule has 9 atom stereocenters. The predicted octanol–water partition coefficient (Wildman–Crippen LogP) is 4.81. The van der Waals surface area contributed by atoms with E-state index in [0.717, 1.165) is 144 Å². The minimum absolute atomic E-state index is 0.00295. The van der Waals surface area contributed by atoms with Gasteiger partial charge < -0.3 is 77.2 Å². The van der Waals surface area contributed by atoms with E-state index in [0.29, 0.717) is 167 Å². The van der Waals surface area contributed by atoms with Gasteiger partial charge in [0.2, 0.25) is 23.8 Å². The van der Waals surface area contributed by atoms with Crippen LogP contribution in [0.15, 0.2) is 112 Å². The van der Waals surface area contributed by atoms with Gasteiger partial charge in [0.15, 0.2) is 0 Å². The van der Waals surface area contributed by atoms with Gasteiger partial charge in [0, 0.05) is 180 Å². The van der Waals surface area contributed by atoms with Gasteiger partial charge >= 0.3 is 0 Å². The van der Waals surface area contributed by atoms with E-state index < -0.39 is 6.10 Å². The highest BCUT2D eigenvalue weighted by Crippen LogP contribution is 2.47. The molecule has 9 saturated heterocycles. The molecule has 4 spiro atoms. The van der Waals surface area contributed by atoms with Crippen molar-refractivity contribution in [2.24, 2.45) is 92.8 Å². The van der Waals surface area contributed by atoms with Crippen LogP contribution < -0.4 is 75.4 Å². The number of piperidine rings is 4. The third-order valence-corrected chi connectivity index (χ3v) is 30.0. The number of fused-ring (bicyclic) bond motifs is 4. The Balaban J connectivity index is 0.000000114. The fourth-order valence-corrected chi connectivity index (χ4v) is 21.6. The zero-order valence-corrected chi connectivity index (χ0v) is 74.5. The molecule has 126 heavy (non-hydrogen) atoms. The van der Waals surface area contributed by atoms with Gasteiger partial charge in [0.25, 0.3) is 22.2 Å². The number of aryl methyl sites for hydroxylation is 1. The molecule has 0 bridgehead atoms. The highest BCUT2D eigenvalue weighted by molar-refractivity contribution is 6.38. The van der Waals surface area contributed by atoms with Crippen molar-refractivity contribution in [1.82, 2.24) is 53.2 Å². The first-order valence-electron chi connectivity index (χ1n) is 44.0. The Kier molecular flexibility index (Phi) is 23.5. The summed E-state index contributed by atoms with van der Waals surface area (Å²) in [5.41, 5.74) is 43.5. The van der Waals surface area contributed by atoms with Crippen molar-refractivity contribution in [2.45, 2.75) is 173 Å². The molecule has 9 fully saturated rings. The van der Waals surface area contributed by atoms with Gasteiger partial charge in [0.05, 0.1) is 156 Å². The highest BCUT2D eigenvalue weighted by atomic mass is 35.5. The van der Waals surface area contributed by atoms with Crippen molar-refractivity contribution in [3.8, 4) is 0 Å². The minimum Gasteiger partial charge on any atom is -0.391 e. The number of hydrogen-bond donors (Lipinski definition) is 6. The molecule has 21 rings (SSSR count). The first kappa shape index (κ1) is 86.6. The SMILES string of the molecule is C[C@@H]1OCC2(CCN(c3nc4c(c(=O)n3C)C(c3ccnc(Cl)c3)=NC4)CC2)[C@@H]1N.C[C@@H]1OCC2(CCN(c3nc4c(c(=O)n3C)C(c3ccnc(N)c3)=NC4)CC2)[C@@H]1N.C[C@@H]1OCC2(CCN(c3nc4c(c(=O)n3C)C(c3ccnc(N5CC[C@@H](O)C5)c3Cl)=NC4)CC2)[C@@H]1N.Cc1ccc(C2=NCc3nc(N4CCC5(CC4)CO[C@@H](C)[C@H]5N)n(C)c(=O)c32)cc1. The lowest BCUT2D eigenvalue weighted by molar-refractivity contribution is 0.0972. The number of β-amino-alcohol motifs (C(OH)–C–C–N with tert-alkyl or cyclic N) is 1. The Morgan fingerprint density at radius 2 is 0.738 bits per heavy atom. The lowest BCUT2D eigenvalue weighted by Gasteiger charge is -2.41. The predicted molar refractivity (Wildman–Crippen MR) is 486 cm³/mol. The second kappa shape index (κ2) is 34.2. The molecule has 20 heterocycles. The van der Waals surface area contributed by atoms with Crippen LogP contribution in [0.5, 0.6) is 0 Å². The van der Waals surface area contributed by atoms with Crippen molar-refractivity contribution in [3.05, 3.63) is 198 Å². The number of nitrogens with zero attached hydrogens (tertiary/aromatic N) is 20. The van der Waals surface area contributed by atoms with Crippen LogP contribution in [0, 0.1) is 28.6 Å². The van der Waals surface area contributed by atoms with Crippen molar-refractivity contribution in [3.63, 3.8) is 0 Å². The first-order valence-corrected chi connectivity index (χ1v) is 44.8. The monoisotopic (exact) mass is 1760 g/mol. The van der Waals surface area contributed by atoms with Gasteiger partial charge in [-0.25, -0.2) is 34.9 Å². The Hall–Kier alpha value is -10.1. The van der Waals surface area contributed by atoms with Crippen molar-refractivity contribution in [2.75, 3.05) is 122 Å². The number of pyridine rings is 3. The van der Waals surface area contributed by atoms with Crippen molar-refractivity contribution >= 4 is 81.5 Å². The van der Waals surface area contributed by atoms with Gasteiger partial charge in [-0.15, -0.1) is 0 Å². The van der Waals surface area contributed by atoms with Gasteiger partial charge in [-0.05, 0) is 123 Å². The number of aliphatic hydroxyl groups is 1. The van der Waals surface area contributed by atoms with Crippen molar-refractivity contribution in [1.29, 1.82) is 0 Å². The van der Waals surface area contributed by atoms with Crippen LogP contribution in [0.4, 0.5) is 35.4 Å². The summed E-state index contributed by atoms with van der Waals surface area (Å²) in [5, 5.41) is 10.8. The van der Waals surface area contributed by atoms with Crippen LogP contribution in [-0.2, 0) is 73.3 Å². The summed E-state index contributed by atoms with van der Waals surface area (Å²) in [6, 6.07) is 17.2. The lowest BCUT2D eigenvalue weighted by Crippen LogP contribution is -2.51. The average Bonchev–Trinajstić information content (AvgIpc) is 1.59. The Morgan fingerprint density at radius 3 is 1.06 bits per heavy atom. The van der Waals surface area contributed by atoms with Gasteiger partial charge in [0.1, 0.15) is 16.8 Å². The van der Waals surface area contributed by atoms with Crippen LogP contribution in [0.3, 0.4) is 0 Å². The van der Waals surface area contributed by atoms with E-state index in [1.165, 1.54) is 5.56 Å².